The first kappa shape index (κ1) is 15.0. The molecule has 1 unspecified atom stereocenters. The van der Waals surface area contributed by atoms with Crippen molar-refractivity contribution in [3.05, 3.63) is 47.7 Å². The third kappa shape index (κ3) is 3.02. The Kier molecular flexibility index (Phi) is 4.21. The van der Waals surface area contributed by atoms with E-state index in [0.717, 1.165) is 5.56 Å². The summed E-state index contributed by atoms with van der Waals surface area (Å²) in [7, 11) is 0. The van der Waals surface area contributed by atoms with Gasteiger partial charge in [0, 0.05) is 17.7 Å². The predicted molar refractivity (Wildman–Crippen MR) is 78.3 cm³/mol. The number of nitrogens with zero attached hydrogens (tertiary/aromatic N) is 1. The minimum atomic E-state index is -0.688. The lowest BCUT2D eigenvalue weighted by molar-refractivity contribution is -0.136. The number of aryl methyl sites for hydroxylation is 1. The van der Waals surface area contributed by atoms with Crippen molar-refractivity contribution in [2.75, 3.05) is 0 Å². The summed E-state index contributed by atoms with van der Waals surface area (Å²) < 4.78 is 0. The number of carbonyl (C=O) groups is 3. The Morgan fingerprint density at radius 1 is 1.33 bits per heavy atom. The van der Waals surface area contributed by atoms with Gasteiger partial charge in [0.2, 0.25) is 11.8 Å². The van der Waals surface area contributed by atoms with Crippen LogP contribution in [0.4, 0.5) is 0 Å². The first-order valence-electron chi connectivity index (χ1n) is 6.80. The summed E-state index contributed by atoms with van der Waals surface area (Å²) in [4.78, 5) is 37.4. The lowest BCUT2D eigenvalue weighted by Crippen LogP contribution is -2.53. The van der Waals surface area contributed by atoms with Crippen LogP contribution in [-0.2, 0) is 9.59 Å². The maximum atomic E-state index is 12.7. The summed E-state index contributed by atoms with van der Waals surface area (Å²) in [5, 5.41) is 2.27. The van der Waals surface area contributed by atoms with Gasteiger partial charge in [0.15, 0.2) is 0 Å². The molecule has 5 nitrogen and oxygen atoms in total. The number of imide groups is 1. The molecule has 2 rings (SSSR count). The fourth-order valence-electron chi connectivity index (χ4n) is 2.45. The third-order valence-corrected chi connectivity index (χ3v) is 3.53. The number of hydrogen-bond acceptors (Lipinski definition) is 3. The van der Waals surface area contributed by atoms with Gasteiger partial charge in [-0.3, -0.25) is 19.7 Å². The maximum Gasteiger partial charge on any atom is 0.258 e. The smallest absolute Gasteiger partial charge is 0.258 e. The average molecular weight is 286 g/mol. The molecule has 3 amide bonds. The topological polar surface area (TPSA) is 66.5 Å². The Morgan fingerprint density at radius 2 is 2.00 bits per heavy atom. The minimum Gasteiger partial charge on any atom is -0.301 e. The molecule has 0 radical (unpaired) electrons. The van der Waals surface area contributed by atoms with Crippen LogP contribution in [0.1, 0.15) is 35.7 Å². The molecule has 5 heteroatoms. The Labute approximate surface area is 123 Å². The summed E-state index contributed by atoms with van der Waals surface area (Å²) in [6, 6.07) is 6.51. The van der Waals surface area contributed by atoms with E-state index in [0.29, 0.717) is 17.7 Å². The maximum absolute atomic E-state index is 12.7. The molecule has 1 heterocycles. The number of rotatable bonds is 3. The third-order valence-electron chi connectivity index (χ3n) is 3.53. The van der Waals surface area contributed by atoms with Crippen molar-refractivity contribution in [3.63, 3.8) is 0 Å². The second-order valence-corrected chi connectivity index (χ2v) is 5.19. The first-order chi connectivity index (χ1) is 9.91. The van der Waals surface area contributed by atoms with Gasteiger partial charge in [0.1, 0.15) is 6.04 Å². The number of nitrogens with one attached hydrogen (secondary N) is 1. The Hall–Kier alpha value is -2.43. The number of hydrogen-bond donors (Lipinski definition) is 1. The van der Waals surface area contributed by atoms with E-state index >= 15 is 0 Å². The zero-order valence-corrected chi connectivity index (χ0v) is 12.2. The van der Waals surface area contributed by atoms with Gasteiger partial charge in [0.05, 0.1) is 0 Å². The van der Waals surface area contributed by atoms with E-state index in [4.69, 9.17) is 0 Å². The highest BCUT2D eigenvalue weighted by Gasteiger charge is 2.35. The van der Waals surface area contributed by atoms with Gasteiger partial charge in [-0.05, 0) is 31.9 Å². The lowest BCUT2D eigenvalue weighted by Gasteiger charge is -2.33. The van der Waals surface area contributed by atoms with Gasteiger partial charge in [-0.25, -0.2) is 0 Å². The molecule has 21 heavy (non-hydrogen) atoms. The highest BCUT2D eigenvalue weighted by molar-refractivity contribution is 6.04. The molecule has 1 fully saturated rings. The van der Waals surface area contributed by atoms with Crippen LogP contribution < -0.4 is 5.32 Å². The van der Waals surface area contributed by atoms with E-state index in [1.165, 1.54) is 4.90 Å². The molecular weight excluding hydrogens is 268 g/mol. The molecule has 0 aromatic heterocycles. The molecule has 1 aromatic carbocycles. The average Bonchev–Trinajstić information content (AvgIpc) is 2.41. The van der Waals surface area contributed by atoms with Crippen LogP contribution in [-0.4, -0.2) is 28.7 Å². The lowest BCUT2D eigenvalue weighted by atomic mass is 10.0. The monoisotopic (exact) mass is 286 g/mol. The van der Waals surface area contributed by atoms with Crippen molar-refractivity contribution >= 4 is 17.7 Å². The van der Waals surface area contributed by atoms with E-state index in [-0.39, 0.29) is 18.2 Å². The number of amides is 3. The Bertz CT molecular complexity index is 622. The number of piperidine rings is 1. The van der Waals surface area contributed by atoms with Crippen LogP contribution in [0.5, 0.6) is 0 Å². The summed E-state index contributed by atoms with van der Waals surface area (Å²) in [6.45, 7) is 7.32. The SMILES string of the molecule is C=C(C)N(C(=O)c1ccccc1C)C1CCC(=O)NC1=O. The molecule has 1 atom stereocenters. The van der Waals surface area contributed by atoms with E-state index in [9.17, 15) is 14.4 Å². The molecule has 0 aliphatic carbocycles. The fourth-order valence-corrected chi connectivity index (χ4v) is 2.45. The molecule has 1 saturated heterocycles. The van der Waals surface area contributed by atoms with Gasteiger partial charge in [-0.15, -0.1) is 0 Å². The van der Waals surface area contributed by atoms with Crippen LogP contribution in [0, 0.1) is 6.92 Å². The molecule has 0 saturated carbocycles. The van der Waals surface area contributed by atoms with Crippen molar-refractivity contribution in [2.24, 2.45) is 0 Å². The van der Waals surface area contributed by atoms with Crippen molar-refractivity contribution in [2.45, 2.75) is 32.7 Å². The molecular formula is C16H18N2O3. The molecule has 110 valence electrons. The van der Waals surface area contributed by atoms with Crippen molar-refractivity contribution in [1.29, 1.82) is 0 Å². The quantitative estimate of drug-likeness (QED) is 0.861. The zero-order valence-electron chi connectivity index (χ0n) is 12.2. The summed E-state index contributed by atoms with van der Waals surface area (Å²) in [5.41, 5.74) is 1.85. The molecule has 1 aliphatic heterocycles. The van der Waals surface area contributed by atoms with Crippen LogP contribution in [0.25, 0.3) is 0 Å². The molecule has 0 spiro atoms. The first-order valence-corrected chi connectivity index (χ1v) is 6.80. The van der Waals surface area contributed by atoms with E-state index in [2.05, 4.69) is 11.9 Å². The number of carbonyl (C=O) groups excluding carboxylic acids is 3. The van der Waals surface area contributed by atoms with Crippen LogP contribution in [0.2, 0.25) is 0 Å². The summed E-state index contributed by atoms with van der Waals surface area (Å²) >= 11 is 0. The number of allylic oxidation sites excluding steroid dienone is 1. The normalized spacial score (nSPS) is 18.1. The summed E-state index contributed by atoms with van der Waals surface area (Å²) in [5.74, 6) is -1.02. The van der Waals surface area contributed by atoms with E-state index in [1.54, 1.807) is 19.1 Å². The van der Waals surface area contributed by atoms with Crippen LogP contribution >= 0.6 is 0 Å². The van der Waals surface area contributed by atoms with Gasteiger partial charge in [0.25, 0.3) is 5.91 Å². The van der Waals surface area contributed by atoms with Gasteiger partial charge in [-0.2, -0.15) is 0 Å². The molecule has 1 N–H and O–H groups in total. The van der Waals surface area contributed by atoms with Gasteiger partial charge in [-0.1, -0.05) is 24.8 Å². The van der Waals surface area contributed by atoms with Crippen LogP contribution in [0.15, 0.2) is 36.5 Å². The highest BCUT2D eigenvalue weighted by Crippen LogP contribution is 2.21. The molecule has 1 aliphatic rings. The Balaban J connectivity index is 2.34. The van der Waals surface area contributed by atoms with Gasteiger partial charge >= 0.3 is 0 Å². The van der Waals surface area contributed by atoms with Crippen molar-refractivity contribution in [1.82, 2.24) is 10.2 Å². The minimum absolute atomic E-state index is 0.223. The predicted octanol–water partition coefficient (Wildman–Crippen LogP) is 1.78. The largest absolute Gasteiger partial charge is 0.301 e. The van der Waals surface area contributed by atoms with E-state index < -0.39 is 11.9 Å². The van der Waals surface area contributed by atoms with E-state index in [1.807, 2.05) is 19.1 Å². The highest BCUT2D eigenvalue weighted by atomic mass is 16.2. The fraction of sp³-hybridized carbons (Fsp3) is 0.312. The number of benzene rings is 1. The summed E-state index contributed by atoms with van der Waals surface area (Å²) in [6.07, 6.45) is 0.538. The Morgan fingerprint density at radius 3 is 2.57 bits per heavy atom. The van der Waals surface area contributed by atoms with Gasteiger partial charge < -0.3 is 4.90 Å². The molecule has 1 aromatic rings. The second kappa shape index (κ2) is 5.91. The molecule has 0 bridgehead atoms. The standard InChI is InChI=1S/C16H18N2O3/c1-10(2)18(13-8-9-14(19)17-15(13)20)16(21)12-7-5-4-6-11(12)3/h4-7,13H,1,8-9H2,2-3H3,(H,17,19,20). The van der Waals surface area contributed by atoms with Crippen molar-refractivity contribution in [3.8, 4) is 0 Å². The van der Waals surface area contributed by atoms with Crippen LogP contribution in [0.3, 0.4) is 0 Å². The zero-order chi connectivity index (χ0) is 15.6. The van der Waals surface area contributed by atoms with Crippen molar-refractivity contribution < 1.29 is 14.4 Å². The second-order valence-electron chi connectivity index (χ2n) is 5.19.